The number of hydrogen-bond acceptors (Lipinski definition) is 2. The standard InChI is InChI=1S/C14H30O2.Ca.2H/c1-2-3-4-5-6-7-8-9-10-11-13-16-14-12-15;;;/h15H,2-14H2,1H3;;;/q;+2;2*-1. The Morgan fingerprint density at radius 3 is 1.71 bits per heavy atom. The molecule has 0 aliphatic heterocycles. The SMILES string of the molecule is CCCCCCCCCCCCOCCO.[Ca+2].[H-].[H-]. The van der Waals surface area contributed by atoms with Gasteiger partial charge in [-0.15, -0.1) is 0 Å². The number of hydrogen-bond donors (Lipinski definition) is 1. The van der Waals surface area contributed by atoms with Crippen molar-refractivity contribution in [2.45, 2.75) is 71.1 Å². The number of rotatable bonds is 13. The third kappa shape index (κ3) is 19.7. The van der Waals surface area contributed by atoms with Gasteiger partial charge in [-0.25, -0.2) is 0 Å². The second kappa shape index (κ2) is 19.5. The Labute approximate surface area is 140 Å². The van der Waals surface area contributed by atoms with Crippen LogP contribution in [-0.4, -0.2) is 62.7 Å². The average molecular weight is 272 g/mol. The van der Waals surface area contributed by atoms with Gasteiger partial charge < -0.3 is 12.7 Å². The van der Waals surface area contributed by atoms with Crippen molar-refractivity contribution in [3.05, 3.63) is 0 Å². The molecule has 0 heterocycles. The summed E-state index contributed by atoms with van der Waals surface area (Å²) in [6.45, 7) is 3.73. The zero-order valence-electron chi connectivity index (χ0n) is 13.8. The van der Waals surface area contributed by atoms with Gasteiger partial charge in [-0.05, 0) is 6.42 Å². The molecule has 0 rings (SSSR count). The number of unbranched alkanes of at least 4 members (excludes halogenated alkanes) is 9. The number of aliphatic hydroxyl groups is 1. The molecule has 1 N–H and O–H groups in total. The summed E-state index contributed by atoms with van der Waals surface area (Å²) in [7, 11) is 0. The van der Waals surface area contributed by atoms with E-state index >= 15 is 0 Å². The van der Waals surface area contributed by atoms with Crippen LogP contribution < -0.4 is 0 Å². The Morgan fingerprint density at radius 1 is 0.765 bits per heavy atom. The smallest absolute Gasteiger partial charge is 1.00 e. The van der Waals surface area contributed by atoms with Gasteiger partial charge in [-0.2, -0.15) is 0 Å². The molecule has 0 aromatic rings. The van der Waals surface area contributed by atoms with Crippen LogP contribution in [-0.2, 0) is 4.74 Å². The van der Waals surface area contributed by atoms with E-state index in [0.717, 1.165) is 13.0 Å². The van der Waals surface area contributed by atoms with Gasteiger partial charge in [0, 0.05) is 6.61 Å². The van der Waals surface area contributed by atoms with Gasteiger partial charge in [0.25, 0.3) is 0 Å². The van der Waals surface area contributed by atoms with E-state index in [2.05, 4.69) is 6.92 Å². The molecule has 0 saturated carbocycles. The Hall–Kier alpha value is 1.18. The molecule has 0 radical (unpaired) electrons. The Balaban J connectivity index is -0.000000375. The minimum atomic E-state index is 0. The van der Waals surface area contributed by atoms with E-state index in [-0.39, 0.29) is 47.2 Å². The Bertz CT molecular complexity index is 116. The maximum Gasteiger partial charge on any atom is 2.00 e. The zero-order valence-corrected chi connectivity index (χ0v) is 14.0. The second-order valence-corrected chi connectivity index (χ2v) is 4.52. The van der Waals surface area contributed by atoms with Gasteiger partial charge in [0.05, 0.1) is 13.2 Å². The predicted octanol–water partition coefficient (Wildman–Crippen LogP) is 3.76. The molecule has 0 saturated heterocycles. The maximum absolute atomic E-state index is 8.50. The monoisotopic (exact) mass is 272 g/mol. The van der Waals surface area contributed by atoms with E-state index in [9.17, 15) is 0 Å². The summed E-state index contributed by atoms with van der Waals surface area (Å²) < 4.78 is 5.20. The van der Waals surface area contributed by atoms with Crippen LogP contribution >= 0.6 is 0 Å². The van der Waals surface area contributed by atoms with Crippen LogP contribution in [0.5, 0.6) is 0 Å². The fourth-order valence-electron chi connectivity index (χ4n) is 1.86. The summed E-state index contributed by atoms with van der Waals surface area (Å²) in [5.41, 5.74) is 0. The zero-order chi connectivity index (χ0) is 11.9. The fourth-order valence-corrected chi connectivity index (χ4v) is 1.86. The summed E-state index contributed by atoms with van der Waals surface area (Å²) in [6.07, 6.45) is 13.6. The summed E-state index contributed by atoms with van der Waals surface area (Å²) in [6, 6.07) is 0. The molecular formula is C14H32CaO2. The van der Waals surface area contributed by atoms with Gasteiger partial charge in [0.1, 0.15) is 0 Å². The first-order valence-corrected chi connectivity index (χ1v) is 7.10. The maximum atomic E-state index is 8.50. The Morgan fingerprint density at radius 2 is 1.24 bits per heavy atom. The molecule has 0 aromatic carbocycles. The molecule has 0 atom stereocenters. The molecule has 0 aliphatic rings. The molecule has 0 fully saturated rings. The van der Waals surface area contributed by atoms with Crippen LogP contribution in [0.2, 0.25) is 0 Å². The van der Waals surface area contributed by atoms with Gasteiger partial charge in [0.2, 0.25) is 0 Å². The van der Waals surface area contributed by atoms with E-state index in [0.29, 0.717) is 6.61 Å². The minimum absolute atomic E-state index is 0. The summed E-state index contributed by atoms with van der Waals surface area (Å²) >= 11 is 0. The topological polar surface area (TPSA) is 29.5 Å². The van der Waals surface area contributed by atoms with Gasteiger partial charge >= 0.3 is 37.7 Å². The molecule has 3 heteroatoms. The van der Waals surface area contributed by atoms with Crippen LogP contribution in [0.4, 0.5) is 0 Å². The average Bonchev–Trinajstić information content (AvgIpc) is 2.31. The fraction of sp³-hybridized carbons (Fsp3) is 1.00. The predicted molar refractivity (Wildman–Crippen MR) is 77.7 cm³/mol. The largest absolute Gasteiger partial charge is 2.00 e. The van der Waals surface area contributed by atoms with Crippen molar-refractivity contribution in [3.8, 4) is 0 Å². The first-order chi connectivity index (χ1) is 7.91. The first-order valence-electron chi connectivity index (χ1n) is 7.10. The van der Waals surface area contributed by atoms with Crippen LogP contribution in [0.3, 0.4) is 0 Å². The quantitative estimate of drug-likeness (QED) is 0.408. The van der Waals surface area contributed by atoms with Crippen molar-refractivity contribution in [1.29, 1.82) is 0 Å². The van der Waals surface area contributed by atoms with Crippen molar-refractivity contribution in [2.75, 3.05) is 19.8 Å². The number of ether oxygens (including phenoxy) is 1. The van der Waals surface area contributed by atoms with Crippen molar-refractivity contribution in [3.63, 3.8) is 0 Å². The normalized spacial score (nSPS) is 10.2. The van der Waals surface area contributed by atoms with Crippen LogP contribution in [0, 0.1) is 0 Å². The van der Waals surface area contributed by atoms with E-state index in [1.807, 2.05) is 0 Å². The second-order valence-electron chi connectivity index (χ2n) is 4.52. The molecule has 0 unspecified atom stereocenters. The number of aliphatic hydroxyl groups excluding tert-OH is 1. The minimum Gasteiger partial charge on any atom is -1.00 e. The van der Waals surface area contributed by atoms with E-state index < -0.39 is 0 Å². The van der Waals surface area contributed by atoms with Gasteiger partial charge in [0.15, 0.2) is 0 Å². The molecule has 0 bridgehead atoms. The van der Waals surface area contributed by atoms with Crippen LogP contribution in [0.25, 0.3) is 0 Å². The molecule has 0 spiro atoms. The van der Waals surface area contributed by atoms with Gasteiger partial charge in [-0.1, -0.05) is 64.7 Å². The van der Waals surface area contributed by atoms with Crippen LogP contribution in [0.1, 0.15) is 74.0 Å². The third-order valence-electron chi connectivity index (χ3n) is 2.88. The molecule has 0 aliphatic carbocycles. The van der Waals surface area contributed by atoms with E-state index in [4.69, 9.17) is 9.84 Å². The summed E-state index contributed by atoms with van der Waals surface area (Å²) in [5.74, 6) is 0. The summed E-state index contributed by atoms with van der Waals surface area (Å²) in [5, 5.41) is 8.50. The molecule has 2 nitrogen and oxygen atoms in total. The summed E-state index contributed by atoms with van der Waals surface area (Å²) in [4.78, 5) is 0. The molecule has 0 aromatic heterocycles. The first kappa shape index (κ1) is 20.5. The van der Waals surface area contributed by atoms with E-state index in [1.54, 1.807) is 0 Å². The third-order valence-corrected chi connectivity index (χ3v) is 2.88. The van der Waals surface area contributed by atoms with Crippen LogP contribution in [0.15, 0.2) is 0 Å². The molecule has 0 amide bonds. The van der Waals surface area contributed by atoms with Crippen molar-refractivity contribution in [2.24, 2.45) is 0 Å². The molecule has 17 heavy (non-hydrogen) atoms. The van der Waals surface area contributed by atoms with Crippen molar-refractivity contribution >= 4 is 37.7 Å². The van der Waals surface area contributed by atoms with Crippen molar-refractivity contribution < 1.29 is 12.7 Å². The van der Waals surface area contributed by atoms with E-state index in [1.165, 1.54) is 57.8 Å². The Kier molecular flexibility index (Phi) is 23.5. The molecule has 102 valence electrons. The van der Waals surface area contributed by atoms with Crippen molar-refractivity contribution in [1.82, 2.24) is 0 Å². The van der Waals surface area contributed by atoms with Gasteiger partial charge in [-0.3, -0.25) is 0 Å². The molecular weight excluding hydrogens is 240 g/mol.